The number of halogens is 2. The van der Waals surface area contributed by atoms with E-state index in [-0.39, 0.29) is 5.56 Å². The number of carbonyl (C=O) groups excluding carboxylic acids is 1. The van der Waals surface area contributed by atoms with Crippen LogP contribution in [0, 0.1) is 11.6 Å². The van der Waals surface area contributed by atoms with Crippen LogP contribution in [-0.4, -0.2) is 18.1 Å². The fourth-order valence-corrected chi connectivity index (χ4v) is 0.858. The van der Waals surface area contributed by atoms with Crippen LogP contribution in [0.15, 0.2) is 12.1 Å². The number of rotatable bonds is 1. The third-order valence-electron chi connectivity index (χ3n) is 1.54. The van der Waals surface area contributed by atoms with Gasteiger partial charge < -0.3 is 10.4 Å². The van der Waals surface area contributed by atoms with Crippen LogP contribution < -0.4 is 5.32 Å². The van der Waals surface area contributed by atoms with E-state index in [1.165, 1.54) is 7.05 Å². The molecule has 0 saturated carbocycles. The largest absolute Gasteiger partial charge is 0.504 e. The summed E-state index contributed by atoms with van der Waals surface area (Å²) in [6.45, 7) is 0. The lowest BCUT2D eigenvalue weighted by Gasteiger charge is -2.03. The van der Waals surface area contributed by atoms with Crippen LogP contribution in [0.4, 0.5) is 8.78 Å². The molecular formula is C8H7F2NO2. The molecule has 0 atom stereocenters. The highest BCUT2D eigenvalue weighted by Gasteiger charge is 2.16. The van der Waals surface area contributed by atoms with E-state index in [0.717, 1.165) is 12.1 Å². The fourth-order valence-electron chi connectivity index (χ4n) is 0.858. The van der Waals surface area contributed by atoms with Crippen molar-refractivity contribution in [3.63, 3.8) is 0 Å². The summed E-state index contributed by atoms with van der Waals surface area (Å²) in [5.74, 6) is -4.25. The van der Waals surface area contributed by atoms with Gasteiger partial charge in [0.15, 0.2) is 11.6 Å². The second-order valence-corrected chi connectivity index (χ2v) is 2.34. The quantitative estimate of drug-likeness (QED) is 0.689. The predicted molar refractivity (Wildman–Crippen MR) is 41.4 cm³/mol. The summed E-state index contributed by atoms with van der Waals surface area (Å²) in [7, 11) is 1.32. The highest BCUT2D eigenvalue weighted by Crippen LogP contribution is 2.23. The van der Waals surface area contributed by atoms with E-state index in [9.17, 15) is 13.6 Å². The number of hydrogen-bond acceptors (Lipinski definition) is 2. The van der Waals surface area contributed by atoms with E-state index in [1.807, 2.05) is 0 Å². The average Bonchev–Trinajstić information content (AvgIpc) is 2.13. The minimum absolute atomic E-state index is 0.290. The SMILES string of the molecule is CNC(=O)c1ccc(F)c(F)c1O. The summed E-state index contributed by atoms with van der Waals surface area (Å²) in [6.07, 6.45) is 0. The Balaban J connectivity index is 3.26. The Hall–Kier alpha value is -1.65. The molecule has 3 nitrogen and oxygen atoms in total. The lowest BCUT2D eigenvalue weighted by Crippen LogP contribution is -2.18. The minimum atomic E-state index is -1.42. The van der Waals surface area contributed by atoms with E-state index in [0.29, 0.717) is 0 Å². The number of hydrogen-bond donors (Lipinski definition) is 2. The van der Waals surface area contributed by atoms with Gasteiger partial charge in [0.05, 0.1) is 5.56 Å². The first-order valence-corrected chi connectivity index (χ1v) is 3.47. The van der Waals surface area contributed by atoms with E-state index in [1.54, 1.807) is 0 Å². The molecule has 0 aliphatic rings. The van der Waals surface area contributed by atoms with E-state index in [2.05, 4.69) is 5.32 Å². The molecule has 0 fully saturated rings. The van der Waals surface area contributed by atoms with Gasteiger partial charge in [0.25, 0.3) is 5.91 Å². The number of benzene rings is 1. The molecule has 70 valence electrons. The maximum absolute atomic E-state index is 12.7. The second kappa shape index (κ2) is 3.38. The molecule has 1 aromatic rings. The van der Waals surface area contributed by atoms with Gasteiger partial charge in [-0.05, 0) is 12.1 Å². The van der Waals surface area contributed by atoms with Crippen LogP contribution in [0.5, 0.6) is 5.75 Å². The first-order valence-electron chi connectivity index (χ1n) is 3.47. The Morgan fingerprint density at radius 1 is 1.46 bits per heavy atom. The van der Waals surface area contributed by atoms with Gasteiger partial charge in [-0.15, -0.1) is 0 Å². The Morgan fingerprint density at radius 3 is 2.62 bits per heavy atom. The molecule has 0 bridgehead atoms. The zero-order chi connectivity index (χ0) is 10.0. The Kier molecular flexibility index (Phi) is 2.46. The number of amides is 1. The predicted octanol–water partition coefficient (Wildman–Crippen LogP) is 1.03. The zero-order valence-corrected chi connectivity index (χ0v) is 6.77. The van der Waals surface area contributed by atoms with Crippen molar-refractivity contribution in [2.75, 3.05) is 7.05 Å². The van der Waals surface area contributed by atoms with Gasteiger partial charge in [0.2, 0.25) is 5.82 Å². The Morgan fingerprint density at radius 2 is 2.08 bits per heavy atom. The summed E-state index contributed by atoms with van der Waals surface area (Å²) < 4.78 is 25.1. The molecule has 0 heterocycles. The van der Waals surface area contributed by atoms with Gasteiger partial charge in [-0.2, -0.15) is 4.39 Å². The van der Waals surface area contributed by atoms with Crippen molar-refractivity contribution in [1.29, 1.82) is 0 Å². The number of carbonyl (C=O) groups is 1. The van der Waals surface area contributed by atoms with Crippen molar-refractivity contribution in [3.8, 4) is 5.75 Å². The molecular weight excluding hydrogens is 180 g/mol. The lowest BCUT2D eigenvalue weighted by molar-refractivity contribution is 0.0959. The first kappa shape index (κ1) is 9.44. The van der Waals surface area contributed by atoms with Gasteiger partial charge in [-0.1, -0.05) is 0 Å². The van der Waals surface area contributed by atoms with Gasteiger partial charge >= 0.3 is 0 Å². The van der Waals surface area contributed by atoms with Crippen molar-refractivity contribution in [1.82, 2.24) is 5.32 Å². The third-order valence-corrected chi connectivity index (χ3v) is 1.54. The normalized spacial score (nSPS) is 9.77. The first-order chi connectivity index (χ1) is 6.07. The van der Waals surface area contributed by atoms with E-state index in [4.69, 9.17) is 5.11 Å². The highest BCUT2D eigenvalue weighted by molar-refractivity contribution is 5.96. The van der Waals surface area contributed by atoms with Gasteiger partial charge in [0, 0.05) is 7.05 Å². The number of phenolic OH excluding ortho intramolecular Hbond substituents is 1. The molecule has 0 radical (unpaired) electrons. The molecule has 0 spiro atoms. The van der Waals surface area contributed by atoms with Crippen molar-refractivity contribution in [2.24, 2.45) is 0 Å². The van der Waals surface area contributed by atoms with Crippen LogP contribution in [0.1, 0.15) is 10.4 Å². The fraction of sp³-hybridized carbons (Fsp3) is 0.125. The van der Waals surface area contributed by atoms with Crippen LogP contribution in [0.25, 0.3) is 0 Å². The molecule has 13 heavy (non-hydrogen) atoms. The standard InChI is InChI=1S/C8H7F2NO2/c1-11-8(13)4-2-3-5(9)6(10)7(4)12/h2-3,12H,1H3,(H,11,13). The van der Waals surface area contributed by atoms with Crippen molar-refractivity contribution in [2.45, 2.75) is 0 Å². The summed E-state index contributed by atoms with van der Waals surface area (Å²) in [4.78, 5) is 10.9. The molecule has 0 aliphatic heterocycles. The van der Waals surface area contributed by atoms with Gasteiger partial charge in [-0.3, -0.25) is 4.79 Å². The zero-order valence-electron chi connectivity index (χ0n) is 6.77. The van der Waals surface area contributed by atoms with Crippen LogP contribution in [0.2, 0.25) is 0 Å². The van der Waals surface area contributed by atoms with Crippen LogP contribution in [-0.2, 0) is 0 Å². The second-order valence-electron chi connectivity index (χ2n) is 2.34. The molecule has 0 unspecified atom stereocenters. The maximum Gasteiger partial charge on any atom is 0.254 e. The van der Waals surface area contributed by atoms with Gasteiger partial charge in [0.1, 0.15) is 0 Å². The maximum atomic E-state index is 12.7. The topological polar surface area (TPSA) is 49.3 Å². The Labute approximate surface area is 73.0 Å². The molecule has 0 aliphatic carbocycles. The number of nitrogens with one attached hydrogen (secondary N) is 1. The monoisotopic (exact) mass is 187 g/mol. The molecule has 2 N–H and O–H groups in total. The smallest absolute Gasteiger partial charge is 0.254 e. The molecule has 0 aromatic heterocycles. The molecule has 0 saturated heterocycles. The molecule has 5 heteroatoms. The van der Waals surface area contributed by atoms with Crippen LogP contribution >= 0.6 is 0 Å². The summed E-state index contributed by atoms with van der Waals surface area (Å²) >= 11 is 0. The third kappa shape index (κ3) is 1.58. The lowest BCUT2D eigenvalue weighted by atomic mass is 10.2. The highest BCUT2D eigenvalue weighted by atomic mass is 19.2. The summed E-state index contributed by atoms with van der Waals surface area (Å²) in [6, 6.07) is 1.78. The molecule has 1 amide bonds. The average molecular weight is 187 g/mol. The summed E-state index contributed by atoms with van der Waals surface area (Å²) in [5.41, 5.74) is -0.290. The molecule has 1 rings (SSSR count). The number of aromatic hydroxyl groups is 1. The van der Waals surface area contributed by atoms with Crippen molar-refractivity contribution in [3.05, 3.63) is 29.3 Å². The van der Waals surface area contributed by atoms with Crippen molar-refractivity contribution >= 4 is 5.91 Å². The molecule has 1 aromatic carbocycles. The van der Waals surface area contributed by atoms with Crippen molar-refractivity contribution < 1.29 is 18.7 Å². The van der Waals surface area contributed by atoms with Crippen LogP contribution in [0.3, 0.4) is 0 Å². The summed E-state index contributed by atoms with van der Waals surface area (Å²) in [5, 5.41) is 11.2. The van der Waals surface area contributed by atoms with E-state index >= 15 is 0 Å². The number of phenols is 1. The van der Waals surface area contributed by atoms with Gasteiger partial charge in [-0.25, -0.2) is 4.39 Å². The Bertz CT molecular complexity index is 352. The minimum Gasteiger partial charge on any atom is -0.504 e. The van der Waals surface area contributed by atoms with E-state index < -0.39 is 23.3 Å².